The molecule has 3 heteroatoms. The number of carbonyl (C=O) groups is 1. The lowest BCUT2D eigenvalue weighted by Gasteiger charge is -2.04. The highest BCUT2D eigenvalue weighted by molar-refractivity contribution is 6.30. The van der Waals surface area contributed by atoms with Gasteiger partial charge in [0.15, 0.2) is 0 Å². The first-order valence-electron chi connectivity index (χ1n) is 5.24. The van der Waals surface area contributed by atoms with Crippen molar-refractivity contribution in [3.63, 3.8) is 0 Å². The van der Waals surface area contributed by atoms with Crippen molar-refractivity contribution < 1.29 is 9.53 Å². The van der Waals surface area contributed by atoms with E-state index in [9.17, 15) is 4.79 Å². The number of ether oxygens (including phenoxy) is 1. The van der Waals surface area contributed by atoms with Gasteiger partial charge in [0, 0.05) is 5.02 Å². The van der Waals surface area contributed by atoms with Crippen molar-refractivity contribution in [2.75, 3.05) is 0 Å². The van der Waals surface area contributed by atoms with Crippen molar-refractivity contribution in [3.05, 3.63) is 65.2 Å². The Hall–Kier alpha value is -1.80. The molecule has 0 aliphatic rings. The Morgan fingerprint density at radius 3 is 2.29 bits per heavy atom. The van der Waals surface area contributed by atoms with Crippen molar-refractivity contribution >= 4 is 17.6 Å². The zero-order valence-corrected chi connectivity index (χ0v) is 9.85. The number of esters is 1. The first kappa shape index (κ1) is 11.7. The molecular weight excluding hydrogens is 236 g/mol. The fourth-order valence-corrected chi connectivity index (χ4v) is 1.55. The fraction of sp³-hybridized carbons (Fsp3) is 0.0714. The van der Waals surface area contributed by atoms with Crippen molar-refractivity contribution in [1.29, 1.82) is 0 Å². The molecule has 0 N–H and O–H groups in total. The summed E-state index contributed by atoms with van der Waals surface area (Å²) in [5, 5.41) is 0.658. The van der Waals surface area contributed by atoms with Gasteiger partial charge in [0.1, 0.15) is 5.75 Å². The fourth-order valence-electron chi connectivity index (χ4n) is 1.42. The molecule has 0 amide bonds. The molecule has 0 saturated heterocycles. The monoisotopic (exact) mass is 246 g/mol. The predicted octanol–water partition coefficient (Wildman–Crippen LogP) is 3.49. The van der Waals surface area contributed by atoms with Crippen LogP contribution in [0.4, 0.5) is 0 Å². The Bertz CT molecular complexity index is 491. The van der Waals surface area contributed by atoms with Gasteiger partial charge in [-0.3, -0.25) is 4.79 Å². The minimum absolute atomic E-state index is 0.242. The molecule has 0 aromatic heterocycles. The van der Waals surface area contributed by atoms with Crippen LogP contribution in [0.2, 0.25) is 5.02 Å². The molecule has 2 aromatic carbocycles. The molecule has 0 atom stereocenters. The molecule has 0 bridgehead atoms. The summed E-state index contributed by atoms with van der Waals surface area (Å²) in [5.74, 6) is 0.282. The molecule has 0 spiro atoms. The number of halogens is 1. The lowest BCUT2D eigenvalue weighted by Crippen LogP contribution is -2.10. The highest BCUT2D eigenvalue weighted by atomic mass is 35.5. The number of benzene rings is 2. The van der Waals surface area contributed by atoms with Gasteiger partial charge in [-0.1, -0.05) is 41.9 Å². The maximum atomic E-state index is 11.6. The van der Waals surface area contributed by atoms with Crippen molar-refractivity contribution in [2.45, 2.75) is 6.42 Å². The molecule has 2 aromatic rings. The second-order valence-electron chi connectivity index (χ2n) is 3.59. The minimum Gasteiger partial charge on any atom is -0.426 e. The first-order valence-corrected chi connectivity index (χ1v) is 5.62. The highest BCUT2D eigenvalue weighted by Gasteiger charge is 2.05. The van der Waals surface area contributed by atoms with Crippen molar-refractivity contribution in [3.8, 4) is 5.75 Å². The van der Waals surface area contributed by atoms with Crippen LogP contribution >= 0.6 is 11.6 Å². The van der Waals surface area contributed by atoms with Gasteiger partial charge in [0.2, 0.25) is 0 Å². The summed E-state index contributed by atoms with van der Waals surface area (Å²) >= 11 is 5.76. The summed E-state index contributed by atoms with van der Waals surface area (Å²) in [6.45, 7) is 0. The molecule has 0 aliphatic carbocycles. The van der Waals surface area contributed by atoms with E-state index in [2.05, 4.69) is 0 Å². The molecule has 17 heavy (non-hydrogen) atoms. The second-order valence-corrected chi connectivity index (χ2v) is 4.03. The molecule has 0 saturated carbocycles. The topological polar surface area (TPSA) is 26.3 Å². The maximum Gasteiger partial charge on any atom is 0.315 e. The highest BCUT2D eigenvalue weighted by Crippen LogP contribution is 2.12. The zero-order chi connectivity index (χ0) is 12.1. The summed E-state index contributed by atoms with van der Waals surface area (Å²) in [7, 11) is 0. The van der Waals surface area contributed by atoms with Gasteiger partial charge in [-0.15, -0.1) is 0 Å². The van der Waals surface area contributed by atoms with Crippen LogP contribution in [-0.2, 0) is 11.2 Å². The molecule has 86 valence electrons. The SMILES string of the molecule is O=C(Cc1ccc(Cl)cc1)Oc1ccccc1. The van der Waals surface area contributed by atoms with Crippen LogP contribution in [0, 0.1) is 0 Å². The van der Waals surface area contributed by atoms with Gasteiger partial charge in [-0.25, -0.2) is 0 Å². The zero-order valence-electron chi connectivity index (χ0n) is 9.10. The summed E-state index contributed by atoms with van der Waals surface area (Å²) in [4.78, 5) is 11.6. The van der Waals surface area contributed by atoms with Gasteiger partial charge >= 0.3 is 5.97 Å². The van der Waals surface area contributed by atoms with Crippen LogP contribution in [0.5, 0.6) is 5.75 Å². The summed E-state index contributed by atoms with van der Waals surface area (Å²) in [5.41, 5.74) is 0.885. The molecule has 2 nitrogen and oxygen atoms in total. The van der Waals surface area contributed by atoms with E-state index in [1.165, 1.54) is 0 Å². The van der Waals surface area contributed by atoms with Crippen LogP contribution < -0.4 is 4.74 Å². The third kappa shape index (κ3) is 3.61. The smallest absolute Gasteiger partial charge is 0.315 e. The van der Waals surface area contributed by atoms with E-state index in [-0.39, 0.29) is 12.4 Å². The second kappa shape index (κ2) is 5.51. The van der Waals surface area contributed by atoms with E-state index < -0.39 is 0 Å². The number of rotatable bonds is 3. The van der Waals surface area contributed by atoms with E-state index in [1.807, 2.05) is 30.3 Å². The van der Waals surface area contributed by atoms with Crippen LogP contribution in [0.3, 0.4) is 0 Å². The quantitative estimate of drug-likeness (QED) is 0.612. The van der Waals surface area contributed by atoms with Gasteiger partial charge in [-0.05, 0) is 29.8 Å². The standard InChI is InChI=1S/C14H11ClO2/c15-12-8-6-11(7-9-12)10-14(16)17-13-4-2-1-3-5-13/h1-9H,10H2. The van der Waals surface area contributed by atoms with E-state index in [0.717, 1.165) is 5.56 Å². The predicted molar refractivity (Wildman–Crippen MR) is 67.2 cm³/mol. The van der Waals surface area contributed by atoms with E-state index >= 15 is 0 Å². The van der Waals surface area contributed by atoms with Gasteiger partial charge in [0.25, 0.3) is 0 Å². The lowest BCUT2D eigenvalue weighted by molar-refractivity contribution is -0.133. The Kier molecular flexibility index (Phi) is 3.78. The van der Waals surface area contributed by atoms with Crippen LogP contribution in [0.1, 0.15) is 5.56 Å². The molecule has 0 heterocycles. The summed E-state index contributed by atoms with van der Waals surface area (Å²) < 4.78 is 5.18. The molecule has 0 radical (unpaired) electrons. The van der Waals surface area contributed by atoms with E-state index in [4.69, 9.17) is 16.3 Å². The number of hydrogen-bond donors (Lipinski definition) is 0. The number of hydrogen-bond acceptors (Lipinski definition) is 2. The molecule has 0 aliphatic heterocycles. The third-order valence-electron chi connectivity index (χ3n) is 2.24. The number of carbonyl (C=O) groups excluding carboxylic acids is 1. The van der Waals surface area contributed by atoms with Crippen LogP contribution in [0.25, 0.3) is 0 Å². The lowest BCUT2D eigenvalue weighted by atomic mass is 10.1. The Balaban J connectivity index is 1.96. The Morgan fingerprint density at radius 2 is 1.65 bits per heavy atom. The normalized spacial score (nSPS) is 9.94. The largest absolute Gasteiger partial charge is 0.426 e. The Morgan fingerprint density at radius 1 is 1.00 bits per heavy atom. The van der Waals surface area contributed by atoms with Gasteiger partial charge in [0.05, 0.1) is 6.42 Å². The first-order chi connectivity index (χ1) is 8.24. The maximum absolute atomic E-state index is 11.6. The third-order valence-corrected chi connectivity index (χ3v) is 2.49. The Labute approximate surface area is 105 Å². The summed E-state index contributed by atoms with van der Waals surface area (Å²) in [6.07, 6.45) is 0.242. The molecule has 0 unspecified atom stereocenters. The van der Waals surface area contributed by atoms with Gasteiger partial charge in [-0.2, -0.15) is 0 Å². The molecule has 2 rings (SSSR count). The van der Waals surface area contributed by atoms with Crippen LogP contribution in [-0.4, -0.2) is 5.97 Å². The average molecular weight is 247 g/mol. The van der Waals surface area contributed by atoms with Crippen molar-refractivity contribution in [2.24, 2.45) is 0 Å². The molecule has 0 fully saturated rings. The van der Waals surface area contributed by atoms with E-state index in [0.29, 0.717) is 10.8 Å². The summed E-state index contributed by atoms with van der Waals surface area (Å²) in [6, 6.07) is 16.2. The van der Waals surface area contributed by atoms with Crippen molar-refractivity contribution in [1.82, 2.24) is 0 Å². The number of para-hydroxylation sites is 1. The molecular formula is C14H11ClO2. The van der Waals surface area contributed by atoms with Crippen LogP contribution in [0.15, 0.2) is 54.6 Å². The minimum atomic E-state index is -0.279. The average Bonchev–Trinajstić information content (AvgIpc) is 2.33. The van der Waals surface area contributed by atoms with Gasteiger partial charge < -0.3 is 4.74 Å². The van der Waals surface area contributed by atoms with E-state index in [1.54, 1.807) is 24.3 Å².